The van der Waals surface area contributed by atoms with E-state index in [0.717, 1.165) is 4.88 Å². The number of nitrogens with one attached hydrogen (secondary N) is 1. The number of hydrogen-bond acceptors (Lipinski definition) is 6. The summed E-state index contributed by atoms with van der Waals surface area (Å²) in [5, 5.41) is 5.55. The van der Waals surface area contributed by atoms with Gasteiger partial charge in [-0.3, -0.25) is 14.6 Å². The lowest BCUT2D eigenvalue weighted by atomic mass is 9.94. The molecular formula is C26H30Cl2N4O4S. The fourth-order valence-electron chi connectivity index (χ4n) is 4.83. The maximum Gasteiger partial charge on any atom is 0.338 e. The van der Waals surface area contributed by atoms with Crippen molar-refractivity contribution >= 4 is 52.4 Å². The second-order valence-electron chi connectivity index (χ2n) is 8.94. The number of halogens is 2. The number of ether oxygens (including phenoxy) is 1. The summed E-state index contributed by atoms with van der Waals surface area (Å²) < 4.78 is 5.44. The van der Waals surface area contributed by atoms with E-state index in [4.69, 9.17) is 27.9 Å². The van der Waals surface area contributed by atoms with Crippen LogP contribution in [0.4, 0.5) is 4.79 Å². The summed E-state index contributed by atoms with van der Waals surface area (Å²) in [6.07, 6.45) is 0. The third-order valence-electron chi connectivity index (χ3n) is 6.60. The van der Waals surface area contributed by atoms with Crippen LogP contribution in [0.5, 0.6) is 0 Å². The average molecular weight is 566 g/mol. The molecule has 0 bridgehead atoms. The van der Waals surface area contributed by atoms with Crippen LogP contribution in [0.15, 0.2) is 47.0 Å². The molecule has 1 fully saturated rings. The number of rotatable bonds is 7. The van der Waals surface area contributed by atoms with Crippen LogP contribution < -0.4 is 5.32 Å². The third-order valence-corrected chi connectivity index (χ3v) is 8.20. The first kappa shape index (κ1) is 27.4. The van der Waals surface area contributed by atoms with Gasteiger partial charge in [0.15, 0.2) is 0 Å². The lowest BCUT2D eigenvalue weighted by Gasteiger charge is -2.42. The maximum atomic E-state index is 13.3. The molecule has 1 saturated heterocycles. The Labute approximate surface area is 230 Å². The van der Waals surface area contributed by atoms with Crippen LogP contribution >= 0.6 is 34.5 Å². The molecule has 198 valence electrons. The molecule has 2 aromatic rings. The predicted molar refractivity (Wildman–Crippen MR) is 145 cm³/mol. The van der Waals surface area contributed by atoms with Crippen molar-refractivity contribution in [1.82, 2.24) is 20.0 Å². The van der Waals surface area contributed by atoms with E-state index < -0.39 is 12.0 Å². The van der Waals surface area contributed by atoms with Crippen molar-refractivity contribution in [2.24, 2.45) is 0 Å². The minimum absolute atomic E-state index is 0.0282. The van der Waals surface area contributed by atoms with Crippen LogP contribution in [0, 0.1) is 0 Å². The second-order valence-corrected chi connectivity index (χ2v) is 10.7. The fraction of sp³-hybridized carbons (Fsp3) is 0.423. The second kappa shape index (κ2) is 11.9. The Morgan fingerprint density at radius 2 is 1.95 bits per heavy atom. The largest absolute Gasteiger partial charge is 0.463 e. The number of thiophene rings is 1. The molecule has 2 aliphatic rings. The molecule has 2 unspecified atom stereocenters. The van der Waals surface area contributed by atoms with Crippen LogP contribution in [0.25, 0.3) is 0 Å². The van der Waals surface area contributed by atoms with E-state index in [2.05, 4.69) is 10.2 Å². The van der Waals surface area contributed by atoms with Gasteiger partial charge in [0, 0.05) is 44.5 Å². The van der Waals surface area contributed by atoms with E-state index in [-0.39, 0.29) is 24.6 Å². The van der Waals surface area contributed by atoms with Crippen molar-refractivity contribution in [3.8, 4) is 0 Å². The average Bonchev–Trinajstić information content (AvgIpc) is 3.40. The van der Waals surface area contributed by atoms with Crippen molar-refractivity contribution in [3.05, 3.63) is 67.5 Å². The number of carbonyl (C=O) groups is 3. The molecule has 0 radical (unpaired) electrons. The Kier molecular flexibility index (Phi) is 8.79. The SMILES string of the molecule is CCOC(=O)C1=C(CN2CCN(C(=O)c3cccs3)C(C)C2)N(CC)C(=O)NC1c1ccc(Cl)c(Cl)c1. The molecular weight excluding hydrogens is 535 g/mol. The van der Waals surface area contributed by atoms with Crippen molar-refractivity contribution in [1.29, 1.82) is 0 Å². The molecule has 1 N–H and O–H groups in total. The smallest absolute Gasteiger partial charge is 0.338 e. The van der Waals surface area contributed by atoms with Crippen LogP contribution in [0.1, 0.15) is 42.0 Å². The first-order valence-corrected chi connectivity index (χ1v) is 13.9. The highest BCUT2D eigenvalue weighted by Crippen LogP contribution is 2.35. The van der Waals surface area contributed by atoms with Crippen molar-refractivity contribution in [2.75, 3.05) is 39.3 Å². The van der Waals surface area contributed by atoms with Gasteiger partial charge >= 0.3 is 12.0 Å². The monoisotopic (exact) mass is 564 g/mol. The number of piperazine rings is 1. The van der Waals surface area contributed by atoms with Crippen LogP contribution in [-0.2, 0) is 9.53 Å². The van der Waals surface area contributed by atoms with E-state index in [0.29, 0.717) is 59.6 Å². The summed E-state index contributed by atoms with van der Waals surface area (Å²) >= 11 is 13.8. The number of hydrogen-bond donors (Lipinski definition) is 1. The van der Waals surface area contributed by atoms with Gasteiger partial charge in [0.2, 0.25) is 0 Å². The van der Waals surface area contributed by atoms with Crippen molar-refractivity contribution < 1.29 is 19.1 Å². The Morgan fingerprint density at radius 1 is 1.16 bits per heavy atom. The standard InChI is InChI=1S/C26H30Cl2N4O4S/c1-4-31-20(15-30-10-11-32(16(3)14-30)24(33)21-7-6-12-37-21)22(25(34)36-5-2)23(29-26(31)35)17-8-9-18(27)19(28)13-17/h6-9,12-13,16,23H,4-5,10-11,14-15H2,1-3H3,(H,29,35). The lowest BCUT2D eigenvalue weighted by Crippen LogP contribution is -2.56. The number of carbonyl (C=O) groups excluding carboxylic acids is 3. The van der Waals surface area contributed by atoms with Gasteiger partial charge in [-0.25, -0.2) is 9.59 Å². The highest BCUT2D eigenvalue weighted by Gasteiger charge is 2.39. The molecule has 11 heteroatoms. The van der Waals surface area contributed by atoms with Gasteiger partial charge in [-0.15, -0.1) is 11.3 Å². The first-order valence-electron chi connectivity index (χ1n) is 12.2. The molecule has 0 spiro atoms. The Bertz CT molecular complexity index is 1200. The summed E-state index contributed by atoms with van der Waals surface area (Å²) in [6, 6.07) is 7.68. The summed E-state index contributed by atoms with van der Waals surface area (Å²) in [4.78, 5) is 45.8. The van der Waals surface area contributed by atoms with Crippen molar-refractivity contribution in [3.63, 3.8) is 0 Å². The van der Waals surface area contributed by atoms with Crippen LogP contribution in [0.3, 0.4) is 0 Å². The molecule has 0 saturated carbocycles. The number of benzene rings is 1. The van der Waals surface area contributed by atoms with Gasteiger partial charge in [0.05, 0.1) is 33.1 Å². The minimum atomic E-state index is -0.738. The van der Waals surface area contributed by atoms with Gasteiger partial charge in [0.25, 0.3) is 5.91 Å². The molecule has 3 amide bonds. The van der Waals surface area contributed by atoms with E-state index in [1.807, 2.05) is 36.3 Å². The molecule has 2 atom stereocenters. The Balaban J connectivity index is 1.66. The summed E-state index contributed by atoms with van der Waals surface area (Å²) in [5.74, 6) is -0.466. The predicted octanol–water partition coefficient (Wildman–Crippen LogP) is 4.80. The number of nitrogens with zero attached hydrogens (tertiary/aromatic N) is 3. The zero-order valence-electron chi connectivity index (χ0n) is 21.0. The van der Waals surface area contributed by atoms with Gasteiger partial charge in [-0.2, -0.15) is 0 Å². The highest BCUT2D eigenvalue weighted by atomic mass is 35.5. The Morgan fingerprint density at radius 3 is 2.57 bits per heavy atom. The Hall–Kier alpha value is -2.59. The molecule has 1 aromatic carbocycles. The normalized spacial score (nSPS) is 20.7. The molecule has 1 aromatic heterocycles. The van der Waals surface area contributed by atoms with E-state index >= 15 is 0 Å². The number of amides is 3. The van der Waals surface area contributed by atoms with E-state index in [1.54, 1.807) is 30.0 Å². The fourth-order valence-corrected chi connectivity index (χ4v) is 5.82. The van der Waals surface area contributed by atoms with Gasteiger partial charge < -0.3 is 15.0 Å². The van der Waals surface area contributed by atoms with Gasteiger partial charge in [0.1, 0.15) is 0 Å². The molecule has 37 heavy (non-hydrogen) atoms. The number of esters is 1. The first-order chi connectivity index (χ1) is 17.7. The van der Waals surface area contributed by atoms with Gasteiger partial charge in [-0.1, -0.05) is 35.3 Å². The van der Waals surface area contributed by atoms with Crippen LogP contribution in [0.2, 0.25) is 10.0 Å². The molecule has 3 heterocycles. The molecule has 8 nitrogen and oxygen atoms in total. The summed E-state index contributed by atoms with van der Waals surface area (Å²) in [6.45, 7) is 8.33. The maximum absolute atomic E-state index is 13.3. The quantitative estimate of drug-likeness (QED) is 0.488. The summed E-state index contributed by atoms with van der Waals surface area (Å²) in [7, 11) is 0. The molecule has 0 aliphatic carbocycles. The number of urea groups is 1. The third kappa shape index (κ3) is 5.80. The van der Waals surface area contributed by atoms with Crippen LogP contribution in [-0.4, -0.2) is 78.0 Å². The van der Waals surface area contributed by atoms with Crippen molar-refractivity contribution in [2.45, 2.75) is 32.9 Å². The zero-order valence-corrected chi connectivity index (χ0v) is 23.3. The van der Waals surface area contributed by atoms with Gasteiger partial charge in [-0.05, 0) is 49.9 Å². The van der Waals surface area contributed by atoms with E-state index in [1.165, 1.54) is 11.3 Å². The minimum Gasteiger partial charge on any atom is -0.463 e. The zero-order chi connectivity index (χ0) is 26.7. The lowest BCUT2D eigenvalue weighted by molar-refractivity contribution is -0.139. The molecule has 4 rings (SSSR count). The topological polar surface area (TPSA) is 82.2 Å². The number of likely N-dealkylation sites (N-methyl/N-ethyl adjacent to an activating group) is 1. The molecule has 2 aliphatic heterocycles. The summed E-state index contributed by atoms with van der Waals surface area (Å²) in [5.41, 5.74) is 1.59. The highest BCUT2D eigenvalue weighted by molar-refractivity contribution is 7.12. The van der Waals surface area contributed by atoms with E-state index in [9.17, 15) is 14.4 Å².